The maximum absolute atomic E-state index is 13.0. The number of aryl methyl sites for hydroxylation is 1. The summed E-state index contributed by atoms with van der Waals surface area (Å²) in [6.45, 7) is 4.32. The second-order valence-corrected chi connectivity index (χ2v) is 7.46. The quantitative estimate of drug-likeness (QED) is 0.872. The number of sulfonamides is 1. The maximum atomic E-state index is 13.0. The first-order valence-corrected chi connectivity index (χ1v) is 8.65. The van der Waals surface area contributed by atoms with Gasteiger partial charge in [0.25, 0.3) is 10.0 Å². The molecule has 0 spiro atoms. The molecule has 0 amide bonds. The van der Waals surface area contributed by atoms with Gasteiger partial charge in [0.2, 0.25) is 0 Å². The Morgan fingerprint density at radius 3 is 2.59 bits per heavy atom. The Kier molecular flexibility index (Phi) is 3.60. The summed E-state index contributed by atoms with van der Waals surface area (Å²) < 4.78 is 32.8. The van der Waals surface area contributed by atoms with Gasteiger partial charge in [-0.1, -0.05) is 25.1 Å². The highest BCUT2D eigenvalue weighted by molar-refractivity contribution is 7.93. The summed E-state index contributed by atoms with van der Waals surface area (Å²) in [6.07, 6.45) is 0. The Hall–Kier alpha value is -2.01. The van der Waals surface area contributed by atoms with Crippen molar-refractivity contribution in [2.24, 2.45) is 0 Å². The first kappa shape index (κ1) is 14.9. The average molecular weight is 317 g/mol. The van der Waals surface area contributed by atoms with Crippen molar-refractivity contribution >= 4 is 15.7 Å². The first-order valence-electron chi connectivity index (χ1n) is 7.21. The maximum Gasteiger partial charge on any atom is 0.264 e. The van der Waals surface area contributed by atoms with Crippen LogP contribution in [0.25, 0.3) is 0 Å². The molecule has 5 heteroatoms. The molecule has 0 saturated carbocycles. The molecule has 1 aliphatic rings. The third kappa shape index (κ3) is 2.25. The van der Waals surface area contributed by atoms with Gasteiger partial charge in [-0.15, -0.1) is 0 Å². The summed E-state index contributed by atoms with van der Waals surface area (Å²) in [5.41, 5.74) is 2.55. The molecule has 1 aliphatic heterocycles. The van der Waals surface area contributed by atoms with Crippen molar-refractivity contribution in [1.82, 2.24) is 0 Å². The lowest BCUT2D eigenvalue weighted by Gasteiger charge is -2.21. The van der Waals surface area contributed by atoms with Gasteiger partial charge in [-0.2, -0.15) is 0 Å². The van der Waals surface area contributed by atoms with E-state index in [-0.39, 0.29) is 5.92 Å². The molecule has 0 aromatic heterocycles. The van der Waals surface area contributed by atoms with Crippen LogP contribution in [0.15, 0.2) is 47.4 Å². The van der Waals surface area contributed by atoms with Gasteiger partial charge in [0.05, 0.1) is 17.7 Å². The van der Waals surface area contributed by atoms with Crippen molar-refractivity contribution in [1.29, 1.82) is 0 Å². The van der Waals surface area contributed by atoms with Crippen LogP contribution in [0.5, 0.6) is 5.75 Å². The summed E-state index contributed by atoms with van der Waals surface area (Å²) in [6, 6.07) is 12.7. The molecule has 0 bridgehead atoms. The molecular weight excluding hydrogens is 298 g/mol. The van der Waals surface area contributed by atoms with E-state index in [1.807, 2.05) is 24.3 Å². The zero-order valence-corrected chi connectivity index (χ0v) is 13.7. The molecule has 1 atom stereocenters. The SMILES string of the molecule is COc1ccc(S(=O)(=O)N2CC(C)c3ccccc32)c(C)c1. The minimum atomic E-state index is -3.56. The van der Waals surface area contributed by atoms with Gasteiger partial charge in [0.1, 0.15) is 5.75 Å². The summed E-state index contributed by atoms with van der Waals surface area (Å²) in [5.74, 6) is 0.858. The van der Waals surface area contributed by atoms with Crippen LogP contribution in [0.3, 0.4) is 0 Å². The normalized spacial score (nSPS) is 17.4. The van der Waals surface area contributed by atoms with Crippen LogP contribution in [0, 0.1) is 6.92 Å². The molecule has 1 heterocycles. The van der Waals surface area contributed by atoms with Crippen molar-refractivity contribution in [3.05, 3.63) is 53.6 Å². The number of para-hydroxylation sites is 1. The van der Waals surface area contributed by atoms with Gasteiger partial charge in [-0.25, -0.2) is 8.42 Å². The fraction of sp³-hybridized carbons (Fsp3) is 0.294. The molecule has 0 fully saturated rings. The number of methoxy groups -OCH3 is 1. The fourth-order valence-corrected chi connectivity index (χ4v) is 4.75. The van der Waals surface area contributed by atoms with Crippen LogP contribution in [-0.2, 0) is 10.0 Å². The molecule has 2 aromatic carbocycles. The van der Waals surface area contributed by atoms with E-state index >= 15 is 0 Å². The molecule has 0 radical (unpaired) electrons. The predicted octanol–water partition coefficient (Wildman–Crippen LogP) is 3.32. The summed E-state index contributed by atoms with van der Waals surface area (Å²) in [4.78, 5) is 0.331. The molecule has 0 aliphatic carbocycles. The Morgan fingerprint density at radius 1 is 1.18 bits per heavy atom. The molecule has 2 aromatic rings. The monoisotopic (exact) mass is 317 g/mol. The second-order valence-electron chi connectivity index (χ2n) is 5.63. The molecule has 116 valence electrons. The third-order valence-electron chi connectivity index (χ3n) is 4.13. The first-order chi connectivity index (χ1) is 10.4. The zero-order valence-electron chi connectivity index (χ0n) is 12.9. The van der Waals surface area contributed by atoms with Crippen LogP contribution >= 0.6 is 0 Å². The molecular formula is C17H19NO3S. The highest BCUT2D eigenvalue weighted by Crippen LogP contribution is 2.39. The molecule has 0 saturated heterocycles. The van der Waals surface area contributed by atoms with E-state index in [0.29, 0.717) is 22.8 Å². The highest BCUT2D eigenvalue weighted by Gasteiger charge is 2.35. The van der Waals surface area contributed by atoms with Gasteiger partial charge < -0.3 is 4.74 Å². The minimum absolute atomic E-state index is 0.199. The lowest BCUT2D eigenvalue weighted by atomic mass is 10.0. The smallest absolute Gasteiger partial charge is 0.264 e. The number of nitrogens with zero attached hydrogens (tertiary/aromatic N) is 1. The number of ether oxygens (including phenoxy) is 1. The molecule has 22 heavy (non-hydrogen) atoms. The third-order valence-corrected chi connectivity index (χ3v) is 6.07. The Bertz CT molecular complexity index is 814. The molecule has 0 N–H and O–H groups in total. The second kappa shape index (κ2) is 5.32. The van der Waals surface area contributed by atoms with E-state index in [1.165, 1.54) is 4.31 Å². The molecule has 3 rings (SSSR count). The van der Waals surface area contributed by atoms with Crippen LogP contribution in [-0.4, -0.2) is 22.1 Å². The van der Waals surface area contributed by atoms with E-state index in [9.17, 15) is 8.42 Å². The average Bonchev–Trinajstić information content (AvgIpc) is 2.85. The number of benzene rings is 2. The van der Waals surface area contributed by atoms with Crippen LogP contribution in [0.4, 0.5) is 5.69 Å². The number of hydrogen-bond acceptors (Lipinski definition) is 3. The van der Waals surface area contributed by atoms with E-state index in [4.69, 9.17) is 4.74 Å². The fourth-order valence-electron chi connectivity index (χ4n) is 2.96. The highest BCUT2D eigenvalue weighted by atomic mass is 32.2. The van der Waals surface area contributed by atoms with E-state index in [0.717, 1.165) is 11.3 Å². The van der Waals surface area contributed by atoms with Crippen molar-refractivity contribution < 1.29 is 13.2 Å². The van der Waals surface area contributed by atoms with Gasteiger partial charge in [0.15, 0.2) is 0 Å². The van der Waals surface area contributed by atoms with Gasteiger partial charge in [-0.3, -0.25) is 4.31 Å². The molecule has 1 unspecified atom stereocenters. The number of hydrogen-bond donors (Lipinski definition) is 0. The Balaban J connectivity index is 2.09. The molecule has 4 nitrogen and oxygen atoms in total. The number of rotatable bonds is 3. The lowest BCUT2D eigenvalue weighted by molar-refractivity contribution is 0.414. The van der Waals surface area contributed by atoms with Gasteiger partial charge >= 0.3 is 0 Å². The summed E-state index contributed by atoms with van der Waals surface area (Å²) >= 11 is 0. The minimum Gasteiger partial charge on any atom is -0.497 e. The van der Waals surface area contributed by atoms with E-state index in [1.54, 1.807) is 32.2 Å². The van der Waals surface area contributed by atoms with Crippen LogP contribution in [0.2, 0.25) is 0 Å². The van der Waals surface area contributed by atoms with Gasteiger partial charge in [0, 0.05) is 12.5 Å². The Morgan fingerprint density at radius 2 is 1.91 bits per heavy atom. The van der Waals surface area contributed by atoms with Crippen molar-refractivity contribution in [2.45, 2.75) is 24.7 Å². The Labute approximate surface area is 131 Å². The predicted molar refractivity (Wildman–Crippen MR) is 87.1 cm³/mol. The zero-order chi connectivity index (χ0) is 15.9. The number of fused-ring (bicyclic) bond motifs is 1. The topological polar surface area (TPSA) is 46.6 Å². The van der Waals surface area contributed by atoms with Gasteiger partial charge in [-0.05, 0) is 42.3 Å². The summed E-state index contributed by atoms with van der Waals surface area (Å²) in [5, 5.41) is 0. The van der Waals surface area contributed by atoms with Crippen LogP contribution in [0.1, 0.15) is 24.0 Å². The number of anilines is 1. The van der Waals surface area contributed by atoms with Crippen LogP contribution < -0.4 is 9.04 Å². The van der Waals surface area contributed by atoms with Crippen molar-refractivity contribution in [3.8, 4) is 5.75 Å². The lowest BCUT2D eigenvalue weighted by Crippen LogP contribution is -2.30. The van der Waals surface area contributed by atoms with Crippen molar-refractivity contribution in [3.63, 3.8) is 0 Å². The largest absolute Gasteiger partial charge is 0.497 e. The van der Waals surface area contributed by atoms with Crippen molar-refractivity contribution in [2.75, 3.05) is 18.0 Å². The van der Waals surface area contributed by atoms with E-state index < -0.39 is 10.0 Å². The summed E-state index contributed by atoms with van der Waals surface area (Å²) in [7, 11) is -1.99. The van der Waals surface area contributed by atoms with E-state index in [2.05, 4.69) is 6.92 Å². The standard InChI is InChI=1S/C17H19NO3S/c1-12-10-14(21-3)8-9-17(12)22(19,20)18-11-13(2)15-6-4-5-7-16(15)18/h4-10,13H,11H2,1-3H3.